The molecule has 0 fully saturated rings. The molecule has 2 aromatic heterocycles. The van der Waals surface area contributed by atoms with Crippen LogP contribution in [0.2, 0.25) is 0 Å². The van der Waals surface area contributed by atoms with Crippen molar-refractivity contribution in [3.05, 3.63) is 69.5 Å². The minimum atomic E-state index is -0.463. The van der Waals surface area contributed by atoms with Crippen LogP contribution in [0.5, 0.6) is 5.75 Å². The number of hydrogen-bond acceptors (Lipinski definition) is 6. The van der Waals surface area contributed by atoms with Crippen LogP contribution in [-0.4, -0.2) is 44.9 Å². The third kappa shape index (κ3) is 5.28. The molecule has 4 rings (SSSR count). The number of benzene rings is 2. The van der Waals surface area contributed by atoms with Crippen molar-refractivity contribution in [1.29, 1.82) is 0 Å². The van der Waals surface area contributed by atoms with Gasteiger partial charge in [-0.2, -0.15) is 5.10 Å². The lowest BCUT2D eigenvalue weighted by molar-refractivity contribution is 0.0526. The highest BCUT2D eigenvalue weighted by Gasteiger charge is 2.22. The summed E-state index contributed by atoms with van der Waals surface area (Å²) in [5.41, 5.74) is 3.85. The molecule has 0 aliphatic heterocycles. The zero-order valence-electron chi connectivity index (χ0n) is 20.7. The fraction of sp³-hybridized carbons (Fsp3) is 0.308. The molecule has 9 nitrogen and oxygen atoms in total. The molecule has 36 heavy (non-hydrogen) atoms. The number of nitrogens with zero attached hydrogens (tertiary/aromatic N) is 4. The van der Waals surface area contributed by atoms with Crippen LogP contribution in [0.4, 0.5) is 5.95 Å². The van der Waals surface area contributed by atoms with E-state index in [1.165, 1.54) is 7.11 Å². The first-order valence-electron chi connectivity index (χ1n) is 11.7. The van der Waals surface area contributed by atoms with Gasteiger partial charge in [-0.3, -0.25) is 14.8 Å². The van der Waals surface area contributed by atoms with E-state index in [-0.39, 0.29) is 12.5 Å². The fourth-order valence-electron chi connectivity index (χ4n) is 4.06. The normalized spacial score (nSPS) is 11.0. The van der Waals surface area contributed by atoms with Gasteiger partial charge in [0.05, 0.1) is 30.5 Å². The third-order valence-electron chi connectivity index (χ3n) is 5.73. The van der Waals surface area contributed by atoms with Crippen molar-refractivity contribution in [2.24, 2.45) is 0 Å². The van der Waals surface area contributed by atoms with Crippen molar-refractivity contribution >= 4 is 44.8 Å². The molecule has 0 bridgehead atoms. The predicted molar refractivity (Wildman–Crippen MR) is 141 cm³/mol. The summed E-state index contributed by atoms with van der Waals surface area (Å²) in [5, 5.41) is 7.32. The predicted octanol–water partition coefficient (Wildman–Crippen LogP) is 5.00. The average Bonchev–Trinajstić information content (AvgIpc) is 3.42. The Hall–Kier alpha value is -3.66. The molecule has 0 aliphatic rings. The molecular weight excluding hydrogens is 526 g/mol. The smallest absolute Gasteiger partial charge is 0.338 e. The first-order valence-corrected chi connectivity index (χ1v) is 12.5. The van der Waals surface area contributed by atoms with Gasteiger partial charge in [0.2, 0.25) is 5.95 Å². The summed E-state index contributed by atoms with van der Waals surface area (Å²) < 4.78 is 15.4. The molecule has 0 unspecified atom stereocenters. The van der Waals surface area contributed by atoms with Gasteiger partial charge in [-0.05, 0) is 63.1 Å². The van der Waals surface area contributed by atoms with E-state index < -0.39 is 5.97 Å². The number of esters is 1. The second kappa shape index (κ2) is 10.9. The van der Waals surface area contributed by atoms with Crippen molar-refractivity contribution in [2.75, 3.05) is 19.0 Å². The van der Waals surface area contributed by atoms with Gasteiger partial charge in [-0.15, -0.1) is 0 Å². The molecule has 1 amide bonds. The Morgan fingerprint density at radius 3 is 2.53 bits per heavy atom. The quantitative estimate of drug-likeness (QED) is 0.292. The number of rotatable bonds is 9. The Morgan fingerprint density at radius 1 is 1.11 bits per heavy atom. The number of ether oxygens (including phenoxy) is 2. The summed E-state index contributed by atoms with van der Waals surface area (Å²) >= 11 is 3.47. The lowest BCUT2D eigenvalue weighted by Gasteiger charge is -2.13. The Bertz CT molecular complexity index is 1410. The maximum Gasteiger partial charge on any atom is 0.338 e. The molecule has 188 valence electrons. The number of fused-ring (bicyclic) bond motifs is 1. The Morgan fingerprint density at radius 2 is 1.86 bits per heavy atom. The molecule has 4 aromatic rings. The van der Waals surface area contributed by atoms with Gasteiger partial charge in [0.1, 0.15) is 17.0 Å². The van der Waals surface area contributed by atoms with Gasteiger partial charge in [-0.25, -0.2) is 9.78 Å². The van der Waals surface area contributed by atoms with Crippen molar-refractivity contribution in [3.63, 3.8) is 0 Å². The number of amides is 1. The molecule has 0 radical (unpaired) electrons. The molecule has 1 N–H and O–H groups in total. The molecule has 0 aliphatic carbocycles. The summed E-state index contributed by atoms with van der Waals surface area (Å²) in [5.74, 6) is 0.0407. The van der Waals surface area contributed by atoms with Crippen molar-refractivity contribution in [2.45, 2.75) is 40.3 Å². The maximum absolute atomic E-state index is 13.2. The molecule has 0 saturated carbocycles. The summed E-state index contributed by atoms with van der Waals surface area (Å²) in [6.45, 7) is 6.87. The van der Waals surface area contributed by atoms with E-state index in [1.54, 1.807) is 29.8 Å². The monoisotopic (exact) mass is 553 g/mol. The lowest BCUT2D eigenvalue weighted by atomic mass is 10.1. The summed E-state index contributed by atoms with van der Waals surface area (Å²) in [4.78, 5) is 30.3. The van der Waals surface area contributed by atoms with Crippen LogP contribution >= 0.6 is 15.9 Å². The standard InChI is InChI=1S/C26H28BrN5O4/c1-5-32-21(13-16(3)30-32)24(33)29-26-28-20-14-18(25(34)36-6-2)15-22(35-4)23(20)31(26)12-11-17-7-9-19(27)10-8-17/h7-10,13-15H,5-6,11-12H2,1-4H3,(H,28,29,33). The summed E-state index contributed by atoms with van der Waals surface area (Å²) in [6, 6.07) is 13.1. The SMILES string of the molecule is CCOC(=O)c1cc(OC)c2c(c1)nc(NC(=O)c1cc(C)nn1CC)n2CCc1ccc(Br)cc1. The number of methoxy groups -OCH3 is 1. The zero-order chi connectivity index (χ0) is 25.8. The second-order valence-corrected chi connectivity index (χ2v) is 9.09. The Balaban J connectivity index is 1.78. The highest BCUT2D eigenvalue weighted by atomic mass is 79.9. The highest BCUT2D eigenvalue weighted by molar-refractivity contribution is 9.10. The lowest BCUT2D eigenvalue weighted by Crippen LogP contribution is -2.20. The van der Waals surface area contributed by atoms with Crippen LogP contribution in [0.3, 0.4) is 0 Å². The van der Waals surface area contributed by atoms with E-state index in [0.29, 0.717) is 53.5 Å². The largest absolute Gasteiger partial charge is 0.494 e. The minimum Gasteiger partial charge on any atom is -0.494 e. The van der Waals surface area contributed by atoms with Crippen molar-refractivity contribution in [3.8, 4) is 5.75 Å². The zero-order valence-corrected chi connectivity index (χ0v) is 22.3. The van der Waals surface area contributed by atoms with E-state index in [0.717, 1.165) is 15.7 Å². The van der Waals surface area contributed by atoms with E-state index in [9.17, 15) is 9.59 Å². The molecule has 2 aromatic carbocycles. The Kier molecular flexibility index (Phi) is 7.73. The third-order valence-corrected chi connectivity index (χ3v) is 6.26. The number of imidazole rings is 1. The molecule has 0 saturated heterocycles. The van der Waals surface area contributed by atoms with Gasteiger partial charge in [0.15, 0.2) is 0 Å². The number of aromatic nitrogens is 4. The number of aryl methyl sites for hydroxylation is 4. The maximum atomic E-state index is 13.2. The molecular formula is C26H28BrN5O4. The van der Waals surface area contributed by atoms with Gasteiger partial charge in [0.25, 0.3) is 5.91 Å². The second-order valence-electron chi connectivity index (χ2n) is 8.17. The van der Waals surface area contributed by atoms with E-state index in [2.05, 4.69) is 31.3 Å². The molecule has 0 spiro atoms. The van der Waals surface area contributed by atoms with Gasteiger partial charge < -0.3 is 14.0 Å². The van der Waals surface area contributed by atoms with E-state index >= 15 is 0 Å². The van der Waals surface area contributed by atoms with Crippen LogP contribution < -0.4 is 10.1 Å². The minimum absolute atomic E-state index is 0.257. The first kappa shape index (κ1) is 25.4. The Labute approximate surface area is 217 Å². The topological polar surface area (TPSA) is 100 Å². The van der Waals surface area contributed by atoms with Crippen LogP contribution in [0, 0.1) is 6.92 Å². The molecule has 0 atom stereocenters. The first-order chi connectivity index (χ1) is 17.3. The average molecular weight is 554 g/mol. The number of carbonyl (C=O) groups is 2. The van der Waals surface area contributed by atoms with Crippen LogP contribution in [0.15, 0.2) is 46.9 Å². The van der Waals surface area contributed by atoms with Crippen molar-refractivity contribution < 1.29 is 19.1 Å². The summed E-state index contributed by atoms with van der Waals surface area (Å²) in [6.07, 6.45) is 0.691. The number of carbonyl (C=O) groups excluding carboxylic acids is 2. The van der Waals surface area contributed by atoms with Crippen LogP contribution in [0.1, 0.15) is 46.0 Å². The number of anilines is 1. The number of hydrogen-bond donors (Lipinski definition) is 1. The summed E-state index contributed by atoms with van der Waals surface area (Å²) in [7, 11) is 1.54. The molecule has 10 heteroatoms. The van der Waals surface area contributed by atoms with Gasteiger partial charge in [-0.1, -0.05) is 28.1 Å². The fourth-order valence-corrected chi connectivity index (χ4v) is 4.32. The highest BCUT2D eigenvalue weighted by Crippen LogP contribution is 2.31. The van der Waals surface area contributed by atoms with Gasteiger partial charge in [0, 0.05) is 17.6 Å². The van der Waals surface area contributed by atoms with Crippen molar-refractivity contribution in [1.82, 2.24) is 19.3 Å². The molecule has 2 heterocycles. The van der Waals surface area contributed by atoms with Gasteiger partial charge >= 0.3 is 5.97 Å². The van der Waals surface area contributed by atoms with E-state index in [4.69, 9.17) is 9.47 Å². The van der Waals surface area contributed by atoms with E-state index in [1.807, 2.05) is 42.7 Å². The van der Waals surface area contributed by atoms with Crippen LogP contribution in [-0.2, 0) is 24.2 Å². The van der Waals surface area contributed by atoms with Crippen LogP contribution in [0.25, 0.3) is 11.0 Å². The number of nitrogens with one attached hydrogen (secondary N) is 1. The number of halogens is 1.